The van der Waals surface area contributed by atoms with Crippen LogP contribution < -0.4 is 5.32 Å². The van der Waals surface area contributed by atoms with Crippen molar-refractivity contribution in [3.8, 4) is 0 Å². The van der Waals surface area contributed by atoms with E-state index in [-0.39, 0.29) is 11.5 Å². The molecule has 0 bridgehead atoms. The number of carboxylic acid groups (broad SMARTS) is 1. The average molecular weight is 274 g/mol. The fourth-order valence-electron chi connectivity index (χ4n) is 2.00. The molecular weight excluding hydrogens is 259 g/mol. The summed E-state index contributed by atoms with van der Waals surface area (Å²) in [7, 11) is 0. The fourth-order valence-corrected chi connectivity index (χ4v) is 2.00. The lowest BCUT2D eigenvalue weighted by Gasteiger charge is -2.09. The van der Waals surface area contributed by atoms with Crippen molar-refractivity contribution in [2.45, 2.75) is 20.4 Å². The van der Waals surface area contributed by atoms with Gasteiger partial charge in [-0.3, -0.25) is 0 Å². The van der Waals surface area contributed by atoms with Gasteiger partial charge in [0.25, 0.3) is 0 Å². The zero-order valence-electron chi connectivity index (χ0n) is 11.3. The number of rotatable bonds is 4. The quantitative estimate of drug-likeness (QED) is 0.899. The Hall–Kier alpha value is -2.43. The predicted octanol–water partition coefficient (Wildman–Crippen LogP) is 3.15. The third kappa shape index (κ3) is 3.12. The maximum atomic E-state index is 13.5. The lowest BCUT2D eigenvalue weighted by molar-refractivity contribution is 0.0690. The van der Waals surface area contributed by atoms with Gasteiger partial charge in [0, 0.05) is 18.4 Å². The molecule has 0 fully saturated rings. The standard InChI is InChI=1S/C15H15FN2O2/c1-9-5-11(6-10(2)14(9)16)8-18-12-3-4-17-13(7-12)15(19)20/h3-7H,8H2,1-2H3,(H,17,18)(H,19,20). The maximum absolute atomic E-state index is 13.5. The molecule has 4 nitrogen and oxygen atoms in total. The Morgan fingerprint density at radius 2 is 1.95 bits per heavy atom. The van der Waals surface area contributed by atoms with Crippen LogP contribution in [-0.2, 0) is 6.54 Å². The number of carbonyl (C=O) groups is 1. The van der Waals surface area contributed by atoms with Crippen molar-refractivity contribution < 1.29 is 14.3 Å². The number of aryl methyl sites for hydroxylation is 2. The number of nitrogens with zero attached hydrogens (tertiary/aromatic N) is 1. The SMILES string of the molecule is Cc1cc(CNc2ccnc(C(=O)O)c2)cc(C)c1F. The van der Waals surface area contributed by atoms with Gasteiger partial charge in [0.05, 0.1) is 0 Å². The zero-order valence-corrected chi connectivity index (χ0v) is 11.3. The monoisotopic (exact) mass is 274 g/mol. The minimum atomic E-state index is -1.07. The number of hydrogen-bond donors (Lipinski definition) is 2. The van der Waals surface area contributed by atoms with Crippen LogP contribution in [0, 0.1) is 19.7 Å². The Balaban J connectivity index is 2.13. The number of anilines is 1. The topological polar surface area (TPSA) is 62.2 Å². The second-order valence-electron chi connectivity index (χ2n) is 4.63. The van der Waals surface area contributed by atoms with Crippen molar-refractivity contribution in [3.05, 3.63) is 58.7 Å². The van der Waals surface area contributed by atoms with Gasteiger partial charge in [0.2, 0.25) is 0 Å². The first-order valence-electron chi connectivity index (χ1n) is 6.16. The molecule has 0 saturated carbocycles. The molecule has 104 valence electrons. The number of benzene rings is 1. The smallest absolute Gasteiger partial charge is 0.354 e. The Kier molecular flexibility index (Phi) is 3.98. The van der Waals surface area contributed by atoms with E-state index in [1.165, 1.54) is 12.3 Å². The van der Waals surface area contributed by atoms with E-state index in [9.17, 15) is 9.18 Å². The van der Waals surface area contributed by atoms with Gasteiger partial charge >= 0.3 is 5.97 Å². The number of aromatic nitrogens is 1. The number of nitrogens with one attached hydrogen (secondary N) is 1. The van der Waals surface area contributed by atoms with Crippen LogP contribution in [0.2, 0.25) is 0 Å². The van der Waals surface area contributed by atoms with Crippen LogP contribution in [0.25, 0.3) is 0 Å². The highest BCUT2D eigenvalue weighted by Gasteiger charge is 2.06. The lowest BCUT2D eigenvalue weighted by Crippen LogP contribution is -2.04. The zero-order chi connectivity index (χ0) is 14.7. The summed E-state index contributed by atoms with van der Waals surface area (Å²) in [4.78, 5) is 14.6. The summed E-state index contributed by atoms with van der Waals surface area (Å²) >= 11 is 0. The summed E-state index contributed by atoms with van der Waals surface area (Å²) in [6.45, 7) is 3.94. The van der Waals surface area contributed by atoms with E-state index in [1.54, 1.807) is 32.0 Å². The molecule has 0 aliphatic heterocycles. The van der Waals surface area contributed by atoms with Crippen LogP contribution >= 0.6 is 0 Å². The Labute approximate surface area is 116 Å². The van der Waals surface area contributed by atoms with Gasteiger partial charge in [-0.05, 0) is 42.7 Å². The van der Waals surface area contributed by atoms with E-state index in [1.807, 2.05) is 0 Å². The van der Waals surface area contributed by atoms with Gasteiger partial charge in [0.1, 0.15) is 11.5 Å². The van der Waals surface area contributed by atoms with Crippen LogP contribution in [0.5, 0.6) is 0 Å². The van der Waals surface area contributed by atoms with Crippen molar-refractivity contribution in [2.24, 2.45) is 0 Å². The predicted molar refractivity (Wildman–Crippen MR) is 74.4 cm³/mol. The molecule has 0 aliphatic carbocycles. The van der Waals surface area contributed by atoms with E-state index in [0.717, 1.165) is 5.56 Å². The molecule has 2 N–H and O–H groups in total. The summed E-state index contributed by atoms with van der Waals surface area (Å²) in [6.07, 6.45) is 1.44. The van der Waals surface area contributed by atoms with Gasteiger partial charge in [-0.2, -0.15) is 0 Å². The molecule has 2 aromatic rings. The highest BCUT2D eigenvalue weighted by atomic mass is 19.1. The Morgan fingerprint density at radius 1 is 1.30 bits per heavy atom. The minimum Gasteiger partial charge on any atom is -0.477 e. The van der Waals surface area contributed by atoms with Crippen LogP contribution in [-0.4, -0.2) is 16.1 Å². The van der Waals surface area contributed by atoms with E-state index in [2.05, 4.69) is 10.3 Å². The molecule has 0 unspecified atom stereocenters. The number of aromatic carboxylic acids is 1. The second kappa shape index (κ2) is 5.69. The van der Waals surface area contributed by atoms with Crippen molar-refractivity contribution in [2.75, 3.05) is 5.32 Å². The molecule has 20 heavy (non-hydrogen) atoms. The van der Waals surface area contributed by atoms with E-state index in [0.29, 0.717) is 23.4 Å². The third-order valence-electron chi connectivity index (χ3n) is 2.97. The number of carboxylic acids is 1. The highest BCUT2D eigenvalue weighted by Crippen LogP contribution is 2.16. The maximum Gasteiger partial charge on any atom is 0.354 e. The van der Waals surface area contributed by atoms with Crippen molar-refractivity contribution in [3.63, 3.8) is 0 Å². The molecule has 2 rings (SSSR count). The molecule has 0 radical (unpaired) electrons. The van der Waals surface area contributed by atoms with Gasteiger partial charge in [-0.1, -0.05) is 12.1 Å². The number of halogens is 1. The molecule has 0 spiro atoms. The molecule has 1 heterocycles. The van der Waals surface area contributed by atoms with Gasteiger partial charge < -0.3 is 10.4 Å². The molecule has 0 saturated heterocycles. The van der Waals surface area contributed by atoms with Crippen LogP contribution in [0.1, 0.15) is 27.2 Å². The van der Waals surface area contributed by atoms with E-state index < -0.39 is 5.97 Å². The van der Waals surface area contributed by atoms with Gasteiger partial charge in [-0.25, -0.2) is 14.2 Å². The largest absolute Gasteiger partial charge is 0.477 e. The van der Waals surface area contributed by atoms with Crippen LogP contribution in [0.3, 0.4) is 0 Å². The Bertz CT molecular complexity index is 633. The summed E-state index contributed by atoms with van der Waals surface area (Å²) in [5, 5.41) is 12.0. The van der Waals surface area contributed by atoms with Gasteiger partial charge in [0.15, 0.2) is 0 Å². The lowest BCUT2D eigenvalue weighted by atomic mass is 10.1. The molecule has 1 aromatic heterocycles. The van der Waals surface area contributed by atoms with E-state index >= 15 is 0 Å². The first-order valence-corrected chi connectivity index (χ1v) is 6.16. The highest BCUT2D eigenvalue weighted by molar-refractivity contribution is 5.86. The van der Waals surface area contributed by atoms with Gasteiger partial charge in [-0.15, -0.1) is 0 Å². The molecule has 0 aliphatic rings. The summed E-state index contributed by atoms with van der Waals surface area (Å²) in [5.74, 6) is -1.26. The molecular formula is C15H15FN2O2. The number of hydrogen-bond acceptors (Lipinski definition) is 3. The normalized spacial score (nSPS) is 10.3. The van der Waals surface area contributed by atoms with Crippen molar-refractivity contribution in [1.82, 2.24) is 4.98 Å². The first-order chi connectivity index (χ1) is 9.47. The third-order valence-corrected chi connectivity index (χ3v) is 2.97. The molecule has 0 atom stereocenters. The fraction of sp³-hybridized carbons (Fsp3) is 0.200. The molecule has 5 heteroatoms. The van der Waals surface area contributed by atoms with Crippen molar-refractivity contribution in [1.29, 1.82) is 0 Å². The molecule has 0 amide bonds. The summed E-state index contributed by atoms with van der Waals surface area (Å²) in [6, 6.07) is 6.70. The first kappa shape index (κ1) is 14.0. The van der Waals surface area contributed by atoms with Crippen LogP contribution in [0.4, 0.5) is 10.1 Å². The average Bonchev–Trinajstić information content (AvgIpc) is 2.42. The second-order valence-corrected chi connectivity index (χ2v) is 4.63. The Morgan fingerprint density at radius 3 is 2.55 bits per heavy atom. The number of pyridine rings is 1. The minimum absolute atomic E-state index is 0.0125. The van der Waals surface area contributed by atoms with E-state index in [4.69, 9.17) is 5.11 Å². The van der Waals surface area contributed by atoms with Crippen LogP contribution in [0.15, 0.2) is 30.5 Å². The summed E-state index contributed by atoms with van der Waals surface area (Å²) < 4.78 is 13.5. The van der Waals surface area contributed by atoms with Crippen molar-refractivity contribution >= 4 is 11.7 Å². The summed E-state index contributed by atoms with van der Waals surface area (Å²) in [5.41, 5.74) is 2.79. The molecule has 1 aromatic carbocycles.